The molecule has 0 unspecified atom stereocenters. The van der Waals surface area contributed by atoms with Crippen LogP contribution in [0.5, 0.6) is 0 Å². The second-order valence-corrected chi connectivity index (χ2v) is 6.32. The van der Waals surface area contributed by atoms with Crippen LogP contribution in [0.3, 0.4) is 0 Å². The lowest BCUT2D eigenvalue weighted by Gasteiger charge is -2.05. The third-order valence-electron chi connectivity index (χ3n) is 3.62. The quantitative estimate of drug-likeness (QED) is 0.715. The van der Waals surface area contributed by atoms with Crippen LogP contribution < -0.4 is 5.32 Å². The zero-order valence-corrected chi connectivity index (χ0v) is 14.3. The Bertz CT molecular complexity index is 796. The fourth-order valence-electron chi connectivity index (χ4n) is 2.37. The van der Waals surface area contributed by atoms with Crippen molar-refractivity contribution >= 4 is 17.2 Å². The van der Waals surface area contributed by atoms with Crippen molar-refractivity contribution in [1.29, 1.82) is 0 Å². The molecule has 0 spiro atoms. The first kappa shape index (κ1) is 16.3. The number of hydrogen-bond acceptors (Lipinski definition) is 5. The monoisotopic (exact) mass is 341 g/mol. The number of nitrogens with zero attached hydrogens (tertiary/aromatic N) is 4. The zero-order chi connectivity index (χ0) is 16.8. The van der Waals surface area contributed by atoms with Crippen LogP contribution in [0.15, 0.2) is 42.0 Å². The highest BCUT2D eigenvalue weighted by Gasteiger charge is 2.10. The van der Waals surface area contributed by atoms with Crippen LogP contribution in [-0.2, 0) is 30.7 Å². The molecule has 0 aliphatic carbocycles. The van der Waals surface area contributed by atoms with Crippen LogP contribution in [0, 0.1) is 0 Å². The number of amides is 1. The predicted octanol–water partition coefficient (Wildman–Crippen LogP) is 2.20. The lowest BCUT2D eigenvalue weighted by atomic mass is 10.2. The molecule has 0 radical (unpaired) electrons. The van der Waals surface area contributed by atoms with Gasteiger partial charge in [-0.05, 0) is 12.5 Å². The topological polar surface area (TPSA) is 72.7 Å². The molecule has 0 atom stereocenters. The number of thiazole rings is 1. The Balaban J connectivity index is 1.52. The first-order valence-corrected chi connectivity index (χ1v) is 8.73. The lowest BCUT2D eigenvalue weighted by Crippen LogP contribution is -2.26. The molecule has 0 aliphatic heterocycles. The maximum Gasteiger partial charge on any atom is 0.226 e. The SMILES string of the molecule is CCn1cnnc1CNC(=O)Cc1csc(Cc2ccccc2)n1. The molecule has 0 saturated heterocycles. The number of nitrogens with one attached hydrogen (secondary N) is 1. The van der Waals surface area contributed by atoms with Gasteiger partial charge in [0.05, 0.1) is 23.7 Å². The molecule has 6 nitrogen and oxygen atoms in total. The lowest BCUT2D eigenvalue weighted by molar-refractivity contribution is -0.120. The largest absolute Gasteiger partial charge is 0.348 e. The number of rotatable bonds is 7. The van der Waals surface area contributed by atoms with Crippen molar-refractivity contribution in [2.24, 2.45) is 0 Å². The van der Waals surface area contributed by atoms with Gasteiger partial charge in [-0.25, -0.2) is 4.98 Å². The molecule has 2 aromatic heterocycles. The number of carbonyl (C=O) groups is 1. The highest BCUT2D eigenvalue weighted by atomic mass is 32.1. The molecule has 1 N–H and O–H groups in total. The summed E-state index contributed by atoms with van der Waals surface area (Å²) >= 11 is 1.59. The van der Waals surface area contributed by atoms with E-state index in [1.165, 1.54) is 5.56 Å². The number of carbonyl (C=O) groups excluding carboxylic acids is 1. The van der Waals surface area contributed by atoms with Crippen LogP contribution in [-0.4, -0.2) is 25.7 Å². The molecule has 3 aromatic rings. The van der Waals surface area contributed by atoms with Crippen LogP contribution in [0.2, 0.25) is 0 Å². The van der Waals surface area contributed by atoms with E-state index < -0.39 is 0 Å². The third kappa shape index (κ3) is 4.26. The van der Waals surface area contributed by atoms with Crippen molar-refractivity contribution in [2.75, 3.05) is 0 Å². The minimum Gasteiger partial charge on any atom is -0.348 e. The molecule has 3 rings (SSSR count). The summed E-state index contributed by atoms with van der Waals surface area (Å²) in [6, 6.07) is 10.2. The highest BCUT2D eigenvalue weighted by molar-refractivity contribution is 7.09. The first-order valence-electron chi connectivity index (χ1n) is 7.85. The molecule has 1 amide bonds. The van der Waals surface area contributed by atoms with E-state index in [4.69, 9.17) is 0 Å². The minimum absolute atomic E-state index is 0.0581. The average Bonchev–Trinajstić information content (AvgIpc) is 3.23. The molecule has 0 fully saturated rings. The molecule has 2 heterocycles. The Kier molecular flexibility index (Phi) is 5.32. The second kappa shape index (κ2) is 7.83. The molecule has 24 heavy (non-hydrogen) atoms. The van der Waals surface area contributed by atoms with Crippen molar-refractivity contribution in [1.82, 2.24) is 25.1 Å². The smallest absolute Gasteiger partial charge is 0.226 e. The maximum absolute atomic E-state index is 12.1. The van der Waals surface area contributed by atoms with Gasteiger partial charge >= 0.3 is 0 Å². The fourth-order valence-corrected chi connectivity index (χ4v) is 3.19. The summed E-state index contributed by atoms with van der Waals surface area (Å²) in [5.41, 5.74) is 2.03. The van der Waals surface area contributed by atoms with Gasteiger partial charge in [-0.15, -0.1) is 21.5 Å². The summed E-state index contributed by atoms with van der Waals surface area (Å²) in [4.78, 5) is 16.6. The van der Waals surface area contributed by atoms with Crippen LogP contribution in [0.4, 0.5) is 0 Å². The molecule has 0 bridgehead atoms. The summed E-state index contributed by atoms with van der Waals surface area (Å²) < 4.78 is 1.90. The van der Waals surface area contributed by atoms with Crippen molar-refractivity contribution in [3.8, 4) is 0 Å². The van der Waals surface area contributed by atoms with Gasteiger partial charge in [0, 0.05) is 18.3 Å². The molecular weight excluding hydrogens is 322 g/mol. The Labute approximate surface area is 144 Å². The molecule has 0 aliphatic rings. The Morgan fingerprint density at radius 1 is 1.29 bits per heavy atom. The molecular formula is C17H19N5OS. The molecule has 124 valence electrons. The summed E-state index contributed by atoms with van der Waals surface area (Å²) in [5, 5.41) is 13.7. The second-order valence-electron chi connectivity index (χ2n) is 5.38. The van der Waals surface area contributed by atoms with Gasteiger partial charge < -0.3 is 9.88 Å². The maximum atomic E-state index is 12.1. The highest BCUT2D eigenvalue weighted by Crippen LogP contribution is 2.15. The van der Waals surface area contributed by atoms with Crippen molar-refractivity contribution in [3.63, 3.8) is 0 Å². The van der Waals surface area contributed by atoms with E-state index in [9.17, 15) is 4.79 Å². The van der Waals surface area contributed by atoms with Gasteiger partial charge in [-0.1, -0.05) is 30.3 Å². The minimum atomic E-state index is -0.0581. The van der Waals surface area contributed by atoms with Crippen molar-refractivity contribution < 1.29 is 4.79 Å². The standard InChI is InChI=1S/C17H19N5OS/c1-2-22-12-19-21-15(22)10-18-16(23)9-14-11-24-17(20-14)8-13-6-4-3-5-7-13/h3-7,11-12H,2,8-10H2,1H3,(H,18,23). The van der Waals surface area contributed by atoms with Crippen molar-refractivity contribution in [3.05, 3.63) is 64.1 Å². The van der Waals surface area contributed by atoms with E-state index in [0.29, 0.717) is 6.54 Å². The summed E-state index contributed by atoms with van der Waals surface area (Å²) in [6.07, 6.45) is 2.75. The first-order chi connectivity index (χ1) is 11.7. The van der Waals surface area contributed by atoms with E-state index in [0.717, 1.165) is 29.5 Å². The van der Waals surface area contributed by atoms with Gasteiger partial charge in [0.15, 0.2) is 5.82 Å². The Morgan fingerprint density at radius 2 is 2.12 bits per heavy atom. The molecule has 7 heteroatoms. The van der Waals surface area contributed by atoms with Crippen LogP contribution in [0.25, 0.3) is 0 Å². The summed E-state index contributed by atoms with van der Waals surface area (Å²) in [6.45, 7) is 3.18. The molecule has 1 aromatic carbocycles. The number of aromatic nitrogens is 4. The van der Waals surface area contributed by atoms with E-state index in [-0.39, 0.29) is 12.3 Å². The van der Waals surface area contributed by atoms with Crippen LogP contribution in [0.1, 0.15) is 29.0 Å². The van der Waals surface area contributed by atoms with E-state index >= 15 is 0 Å². The van der Waals surface area contributed by atoms with E-state index in [1.54, 1.807) is 17.7 Å². The normalized spacial score (nSPS) is 10.7. The number of benzene rings is 1. The Morgan fingerprint density at radius 3 is 2.92 bits per heavy atom. The third-order valence-corrected chi connectivity index (χ3v) is 4.52. The van der Waals surface area contributed by atoms with Gasteiger partial charge in [0.1, 0.15) is 6.33 Å². The molecule has 0 saturated carbocycles. The Hall–Kier alpha value is -2.54. The van der Waals surface area contributed by atoms with Gasteiger partial charge in [-0.2, -0.15) is 0 Å². The summed E-state index contributed by atoms with van der Waals surface area (Å²) in [5.74, 6) is 0.700. The summed E-state index contributed by atoms with van der Waals surface area (Å²) in [7, 11) is 0. The number of aryl methyl sites for hydroxylation is 1. The van der Waals surface area contributed by atoms with Crippen LogP contribution >= 0.6 is 11.3 Å². The van der Waals surface area contributed by atoms with Gasteiger partial charge in [-0.3, -0.25) is 4.79 Å². The van der Waals surface area contributed by atoms with Gasteiger partial charge in [0.25, 0.3) is 0 Å². The number of hydrogen-bond donors (Lipinski definition) is 1. The average molecular weight is 341 g/mol. The zero-order valence-electron chi connectivity index (χ0n) is 13.5. The predicted molar refractivity (Wildman–Crippen MR) is 92.6 cm³/mol. The fraction of sp³-hybridized carbons (Fsp3) is 0.294. The van der Waals surface area contributed by atoms with E-state index in [2.05, 4.69) is 32.6 Å². The van der Waals surface area contributed by atoms with E-state index in [1.807, 2.05) is 35.1 Å². The van der Waals surface area contributed by atoms with Crippen molar-refractivity contribution in [2.45, 2.75) is 32.9 Å². The van der Waals surface area contributed by atoms with Gasteiger partial charge in [0.2, 0.25) is 5.91 Å².